The fraction of sp³-hybridized carbons (Fsp3) is 0.348. The van der Waals surface area contributed by atoms with Crippen molar-refractivity contribution in [2.45, 2.75) is 49.6 Å². The zero-order valence-electron chi connectivity index (χ0n) is 18.3. The summed E-state index contributed by atoms with van der Waals surface area (Å²) in [7, 11) is 1.58. The number of hydrogen-bond donors (Lipinski definition) is 2. The van der Waals surface area contributed by atoms with Gasteiger partial charge in [-0.05, 0) is 48.2 Å². The molecule has 4 rings (SSSR count). The minimum atomic E-state index is -0.475. The van der Waals surface area contributed by atoms with E-state index >= 15 is 0 Å². The second-order valence-electron chi connectivity index (χ2n) is 7.56. The fourth-order valence-corrected chi connectivity index (χ4v) is 5.01. The normalized spacial score (nSPS) is 17.4. The summed E-state index contributed by atoms with van der Waals surface area (Å²) in [6.07, 6.45) is 2.69. The maximum Gasteiger partial charge on any atom is 0.240 e. The van der Waals surface area contributed by atoms with E-state index in [0.717, 1.165) is 36.3 Å². The van der Waals surface area contributed by atoms with Crippen molar-refractivity contribution in [3.8, 4) is 5.75 Å². The van der Waals surface area contributed by atoms with Crippen LogP contribution in [0.5, 0.6) is 5.75 Å². The van der Waals surface area contributed by atoms with Crippen LogP contribution in [-0.2, 0) is 17.6 Å². The minimum Gasteiger partial charge on any atom is -0.495 e. The van der Waals surface area contributed by atoms with Crippen molar-refractivity contribution in [2.24, 2.45) is 0 Å². The highest BCUT2D eigenvalue weighted by Gasteiger charge is 2.38. The molecular formula is C23H26ClN5O2S. The van der Waals surface area contributed by atoms with Gasteiger partial charge in [0.05, 0.1) is 18.2 Å². The SMILES string of the molecule is CCCc1nnc2n1NC(c1ccc(OC)c(Cl)c1)C(C(=O)Nc1ccc(CC)cc1)S2. The van der Waals surface area contributed by atoms with Crippen LogP contribution in [0.25, 0.3) is 0 Å². The Labute approximate surface area is 196 Å². The number of amides is 1. The van der Waals surface area contributed by atoms with Crippen molar-refractivity contribution in [3.63, 3.8) is 0 Å². The number of nitrogens with one attached hydrogen (secondary N) is 2. The highest BCUT2D eigenvalue weighted by molar-refractivity contribution is 8.00. The van der Waals surface area contributed by atoms with Crippen LogP contribution in [0.4, 0.5) is 5.69 Å². The Morgan fingerprint density at radius 2 is 2.00 bits per heavy atom. The van der Waals surface area contributed by atoms with Crippen LogP contribution >= 0.6 is 23.4 Å². The molecule has 0 saturated heterocycles. The number of anilines is 1. The van der Waals surface area contributed by atoms with Crippen LogP contribution < -0.4 is 15.5 Å². The Kier molecular flexibility index (Phi) is 6.91. The lowest BCUT2D eigenvalue weighted by Crippen LogP contribution is -2.41. The zero-order valence-corrected chi connectivity index (χ0v) is 19.8. The van der Waals surface area contributed by atoms with Gasteiger partial charge in [-0.3, -0.25) is 4.79 Å². The standard InChI is InChI=1S/C23H26ClN5O2S/c1-4-6-19-26-27-23-29(19)28-20(15-9-12-18(31-3)17(24)13-15)21(32-23)22(30)25-16-10-7-14(5-2)8-11-16/h7-13,20-21,28H,4-6H2,1-3H3,(H,25,30). The van der Waals surface area contributed by atoms with Crippen LogP contribution in [0.2, 0.25) is 5.02 Å². The highest BCUT2D eigenvalue weighted by Crippen LogP contribution is 2.39. The van der Waals surface area contributed by atoms with Crippen LogP contribution in [0.1, 0.15) is 43.3 Å². The molecule has 168 valence electrons. The van der Waals surface area contributed by atoms with Crippen molar-refractivity contribution < 1.29 is 9.53 Å². The van der Waals surface area contributed by atoms with Gasteiger partial charge in [-0.1, -0.05) is 55.4 Å². The second kappa shape index (κ2) is 9.83. The van der Waals surface area contributed by atoms with Gasteiger partial charge in [-0.15, -0.1) is 10.2 Å². The van der Waals surface area contributed by atoms with Crippen LogP contribution in [0, 0.1) is 0 Å². The molecule has 9 heteroatoms. The summed E-state index contributed by atoms with van der Waals surface area (Å²) in [5.41, 5.74) is 6.32. The van der Waals surface area contributed by atoms with Gasteiger partial charge in [0.25, 0.3) is 0 Å². The third-order valence-corrected chi connectivity index (χ3v) is 6.91. The lowest BCUT2D eigenvalue weighted by molar-refractivity contribution is -0.116. The molecule has 0 aliphatic carbocycles. The quantitative estimate of drug-likeness (QED) is 0.512. The smallest absolute Gasteiger partial charge is 0.240 e. The number of thioether (sulfide) groups is 1. The van der Waals surface area contributed by atoms with Gasteiger partial charge in [0.15, 0.2) is 5.82 Å². The first kappa shape index (κ1) is 22.5. The zero-order chi connectivity index (χ0) is 22.7. The lowest BCUT2D eigenvalue weighted by atomic mass is 10.0. The highest BCUT2D eigenvalue weighted by atomic mass is 35.5. The number of hydrogen-bond acceptors (Lipinski definition) is 6. The van der Waals surface area contributed by atoms with Gasteiger partial charge < -0.3 is 15.5 Å². The van der Waals surface area contributed by atoms with Gasteiger partial charge in [-0.2, -0.15) is 0 Å². The summed E-state index contributed by atoms with van der Waals surface area (Å²) in [6.45, 7) is 4.20. The molecular weight excluding hydrogens is 446 g/mol. The number of fused-ring (bicyclic) bond motifs is 1. The van der Waals surface area contributed by atoms with E-state index in [-0.39, 0.29) is 11.9 Å². The first-order valence-electron chi connectivity index (χ1n) is 10.6. The summed E-state index contributed by atoms with van der Waals surface area (Å²) in [4.78, 5) is 13.4. The van der Waals surface area contributed by atoms with E-state index in [2.05, 4.69) is 34.8 Å². The number of halogens is 1. The van der Waals surface area contributed by atoms with Gasteiger partial charge in [0, 0.05) is 12.1 Å². The van der Waals surface area contributed by atoms with Crippen molar-refractivity contribution in [1.29, 1.82) is 0 Å². The van der Waals surface area contributed by atoms with Crippen molar-refractivity contribution in [3.05, 3.63) is 64.4 Å². The first-order chi connectivity index (χ1) is 15.5. The molecule has 1 amide bonds. The van der Waals surface area contributed by atoms with E-state index in [4.69, 9.17) is 16.3 Å². The number of aromatic nitrogens is 3. The molecule has 2 heterocycles. The third-order valence-electron chi connectivity index (χ3n) is 5.40. The summed E-state index contributed by atoms with van der Waals surface area (Å²) in [5.74, 6) is 1.32. The number of carbonyl (C=O) groups excluding carboxylic acids is 1. The van der Waals surface area contributed by atoms with Crippen molar-refractivity contribution in [1.82, 2.24) is 14.9 Å². The molecule has 1 aliphatic rings. The molecule has 32 heavy (non-hydrogen) atoms. The van der Waals surface area contributed by atoms with Gasteiger partial charge in [0.1, 0.15) is 11.0 Å². The minimum absolute atomic E-state index is 0.116. The van der Waals surface area contributed by atoms with Crippen molar-refractivity contribution >= 4 is 35.0 Å². The molecule has 2 aromatic carbocycles. The van der Waals surface area contributed by atoms with E-state index in [1.807, 2.05) is 47.1 Å². The lowest BCUT2D eigenvalue weighted by Gasteiger charge is -2.33. The second-order valence-corrected chi connectivity index (χ2v) is 9.08. The molecule has 1 aliphatic heterocycles. The molecule has 0 saturated carbocycles. The van der Waals surface area contributed by atoms with Gasteiger partial charge >= 0.3 is 0 Å². The molecule has 2 atom stereocenters. The largest absolute Gasteiger partial charge is 0.495 e. The molecule has 2 N–H and O–H groups in total. The summed E-state index contributed by atoms with van der Waals surface area (Å²) >= 11 is 7.80. The number of rotatable bonds is 7. The van der Waals surface area contributed by atoms with E-state index in [1.54, 1.807) is 7.11 Å². The molecule has 1 aromatic heterocycles. The monoisotopic (exact) mass is 471 g/mol. The van der Waals surface area contributed by atoms with Crippen LogP contribution in [-0.4, -0.2) is 33.1 Å². The predicted molar refractivity (Wildman–Crippen MR) is 128 cm³/mol. The number of methoxy groups -OCH3 is 1. The Morgan fingerprint density at radius 1 is 1.22 bits per heavy atom. The maximum absolute atomic E-state index is 13.4. The molecule has 0 radical (unpaired) electrons. The molecule has 0 spiro atoms. The van der Waals surface area contributed by atoms with Gasteiger partial charge in [-0.25, -0.2) is 4.68 Å². The first-order valence-corrected chi connectivity index (χ1v) is 11.9. The number of aryl methyl sites for hydroxylation is 2. The Bertz CT molecular complexity index is 1100. The number of carbonyl (C=O) groups is 1. The molecule has 0 bridgehead atoms. The number of nitrogens with zero attached hydrogens (tertiary/aromatic N) is 3. The summed E-state index contributed by atoms with van der Waals surface area (Å²) in [5, 5.41) is 12.3. The molecule has 0 fully saturated rings. The molecule has 3 aromatic rings. The molecule has 2 unspecified atom stereocenters. The summed E-state index contributed by atoms with van der Waals surface area (Å²) < 4.78 is 7.18. The van der Waals surface area contributed by atoms with Crippen LogP contribution in [0.15, 0.2) is 47.6 Å². The summed E-state index contributed by atoms with van der Waals surface area (Å²) in [6, 6.07) is 13.1. The average molecular weight is 472 g/mol. The molecule has 7 nitrogen and oxygen atoms in total. The Balaban J connectivity index is 1.66. The van der Waals surface area contributed by atoms with Crippen molar-refractivity contribution in [2.75, 3.05) is 17.9 Å². The van der Waals surface area contributed by atoms with Gasteiger partial charge in [0.2, 0.25) is 11.1 Å². The maximum atomic E-state index is 13.4. The Hall–Kier alpha value is -2.71. The van der Waals surface area contributed by atoms with E-state index in [1.165, 1.54) is 17.3 Å². The van der Waals surface area contributed by atoms with Crippen LogP contribution in [0.3, 0.4) is 0 Å². The number of benzene rings is 2. The third kappa shape index (κ3) is 4.56. The van der Waals surface area contributed by atoms with E-state index < -0.39 is 5.25 Å². The fourth-order valence-electron chi connectivity index (χ4n) is 3.65. The number of ether oxygens (including phenoxy) is 1. The van der Waals surface area contributed by atoms with E-state index in [0.29, 0.717) is 15.9 Å². The predicted octanol–water partition coefficient (Wildman–Crippen LogP) is 4.85. The Morgan fingerprint density at radius 3 is 2.66 bits per heavy atom. The van der Waals surface area contributed by atoms with E-state index in [9.17, 15) is 4.79 Å². The average Bonchev–Trinajstić information content (AvgIpc) is 3.20. The topological polar surface area (TPSA) is 81.1 Å².